The Bertz CT molecular complexity index is 1190. The van der Waals surface area contributed by atoms with Crippen LogP contribution < -0.4 is 10.9 Å². The van der Waals surface area contributed by atoms with Crippen molar-refractivity contribution in [3.63, 3.8) is 0 Å². The molecule has 1 atom stereocenters. The number of fused-ring (bicyclic) bond motifs is 4. The number of nitrogens with one attached hydrogen (secondary N) is 2. The number of amides is 1. The molecule has 0 saturated carbocycles. The first-order chi connectivity index (χ1) is 14.6. The fourth-order valence-electron chi connectivity index (χ4n) is 4.34. The third kappa shape index (κ3) is 3.78. The minimum Gasteiger partial charge on any atom is -0.349 e. The molecule has 3 aromatic rings. The average molecular weight is 444 g/mol. The molecule has 2 aliphatic rings. The number of H-pyrrole nitrogens is 1. The standard InChI is InChI=1S/C22H22FN3O2S2/c23-12-5-6-16-14(11-12)15(9-10-29-16)24-19(27)8-7-18-25-21(28)20-13-3-1-2-4-17(13)30-22(20)26-18/h5-6,11,15H,1-4,7-10H2,(H,24,27)(H,25,26,28). The van der Waals surface area contributed by atoms with Crippen molar-refractivity contribution in [1.29, 1.82) is 0 Å². The van der Waals surface area contributed by atoms with Crippen LogP contribution in [0.4, 0.5) is 4.39 Å². The number of aromatic amines is 1. The topological polar surface area (TPSA) is 74.8 Å². The zero-order valence-corrected chi connectivity index (χ0v) is 18.1. The highest BCUT2D eigenvalue weighted by Gasteiger charge is 2.23. The van der Waals surface area contributed by atoms with E-state index in [0.717, 1.165) is 58.5 Å². The molecule has 30 heavy (non-hydrogen) atoms. The predicted octanol–water partition coefficient (Wildman–Crippen LogP) is 4.29. The number of benzene rings is 1. The zero-order chi connectivity index (χ0) is 20.7. The van der Waals surface area contributed by atoms with E-state index < -0.39 is 0 Å². The van der Waals surface area contributed by atoms with Gasteiger partial charge in [-0.15, -0.1) is 23.1 Å². The Kier molecular flexibility index (Phi) is 5.37. The molecule has 156 valence electrons. The number of rotatable bonds is 4. The van der Waals surface area contributed by atoms with Gasteiger partial charge in [0.15, 0.2) is 0 Å². The van der Waals surface area contributed by atoms with Crippen molar-refractivity contribution < 1.29 is 9.18 Å². The normalized spacial score (nSPS) is 18.1. The quantitative estimate of drug-likeness (QED) is 0.631. The minimum absolute atomic E-state index is 0.0940. The van der Waals surface area contributed by atoms with Crippen LogP contribution in [0.3, 0.4) is 0 Å². The molecule has 2 N–H and O–H groups in total. The van der Waals surface area contributed by atoms with E-state index >= 15 is 0 Å². The molecule has 5 nitrogen and oxygen atoms in total. The molecule has 1 aromatic carbocycles. The maximum absolute atomic E-state index is 13.7. The molecule has 8 heteroatoms. The fourth-order valence-corrected chi connectivity index (χ4v) is 6.73. The predicted molar refractivity (Wildman–Crippen MR) is 118 cm³/mol. The van der Waals surface area contributed by atoms with E-state index in [0.29, 0.717) is 12.2 Å². The molecular weight excluding hydrogens is 421 g/mol. The van der Waals surface area contributed by atoms with Crippen LogP contribution in [-0.2, 0) is 24.1 Å². The Hall–Kier alpha value is -2.19. The number of aromatic nitrogens is 2. The number of nitrogens with zero attached hydrogens (tertiary/aromatic N) is 1. The number of hydrogen-bond donors (Lipinski definition) is 2. The number of hydrogen-bond acceptors (Lipinski definition) is 5. The average Bonchev–Trinajstić information content (AvgIpc) is 3.11. The van der Waals surface area contributed by atoms with Gasteiger partial charge in [-0.2, -0.15) is 0 Å². The van der Waals surface area contributed by atoms with Crippen molar-refractivity contribution in [2.75, 3.05) is 5.75 Å². The maximum Gasteiger partial charge on any atom is 0.259 e. The molecule has 0 spiro atoms. The first kappa shape index (κ1) is 19.8. The Morgan fingerprint density at radius 2 is 2.17 bits per heavy atom. The van der Waals surface area contributed by atoms with Gasteiger partial charge in [-0.1, -0.05) is 0 Å². The van der Waals surface area contributed by atoms with Gasteiger partial charge in [0, 0.05) is 28.4 Å². The minimum atomic E-state index is -0.288. The van der Waals surface area contributed by atoms with Crippen molar-refractivity contribution in [3.05, 3.63) is 56.2 Å². The van der Waals surface area contributed by atoms with Gasteiger partial charge in [-0.05, 0) is 61.4 Å². The van der Waals surface area contributed by atoms with Crippen molar-refractivity contribution in [2.45, 2.75) is 55.9 Å². The third-order valence-corrected chi connectivity index (χ3v) is 8.12. The summed E-state index contributed by atoms with van der Waals surface area (Å²) in [6, 6.07) is 4.56. The van der Waals surface area contributed by atoms with Crippen LogP contribution in [0.25, 0.3) is 10.2 Å². The maximum atomic E-state index is 13.7. The van der Waals surface area contributed by atoms with Gasteiger partial charge in [0.25, 0.3) is 5.56 Å². The second kappa shape index (κ2) is 8.15. The van der Waals surface area contributed by atoms with Gasteiger partial charge in [0.2, 0.25) is 5.91 Å². The van der Waals surface area contributed by atoms with E-state index in [2.05, 4.69) is 15.3 Å². The van der Waals surface area contributed by atoms with Gasteiger partial charge in [0.1, 0.15) is 16.5 Å². The van der Waals surface area contributed by atoms with Crippen molar-refractivity contribution in [2.24, 2.45) is 0 Å². The van der Waals surface area contributed by atoms with E-state index in [-0.39, 0.29) is 29.7 Å². The van der Waals surface area contributed by atoms with E-state index in [4.69, 9.17) is 0 Å². The highest BCUT2D eigenvalue weighted by atomic mass is 32.2. The van der Waals surface area contributed by atoms with Crippen LogP contribution in [-0.4, -0.2) is 21.6 Å². The van der Waals surface area contributed by atoms with Crippen LogP contribution >= 0.6 is 23.1 Å². The lowest BCUT2D eigenvalue weighted by molar-refractivity contribution is -0.121. The number of carbonyl (C=O) groups is 1. The van der Waals surface area contributed by atoms with Crippen LogP contribution in [0.1, 0.15) is 53.6 Å². The van der Waals surface area contributed by atoms with E-state index in [9.17, 15) is 14.0 Å². The van der Waals surface area contributed by atoms with Crippen LogP contribution in [0.15, 0.2) is 27.9 Å². The molecule has 0 radical (unpaired) electrons. The highest BCUT2D eigenvalue weighted by molar-refractivity contribution is 7.99. The van der Waals surface area contributed by atoms with Crippen LogP contribution in [0.2, 0.25) is 0 Å². The lowest BCUT2D eigenvalue weighted by atomic mass is 9.97. The summed E-state index contributed by atoms with van der Waals surface area (Å²) in [5.74, 6) is 1.03. The summed E-state index contributed by atoms with van der Waals surface area (Å²) < 4.78 is 13.7. The molecule has 1 amide bonds. The highest BCUT2D eigenvalue weighted by Crippen LogP contribution is 2.36. The van der Waals surface area contributed by atoms with E-state index in [1.807, 2.05) is 0 Å². The SMILES string of the molecule is O=C(CCc1nc2sc3c(c2c(=O)[nH]1)CCCC3)NC1CCSc2ccc(F)cc21. The lowest BCUT2D eigenvalue weighted by Crippen LogP contribution is -2.31. The number of carbonyl (C=O) groups excluding carboxylic acids is 1. The lowest BCUT2D eigenvalue weighted by Gasteiger charge is -2.26. The Morgan fingerprint density at radius 3 is 3.07 bits per heavy atom. The molecular formula is C22H22FN3O2S2. The summed E-state index contributed by atoms with van der Waals surface area (Å²) >= 11 is 3.30. The second-order valence-electron chi connectivity index (χ2n) is 7.84. The Labute approximate surface area is 181 Å². The number of aryl methyl sites for hydroxylation is 3. The first-order valence-electron chi connectivity index (χ1n) is 10.3. The van der Waals surface area contributed by atoms with Gasteiger partial charge in [0.05, 0.1) is 11.4 Å². The summed E-state index contributed by atoms with van der Waals surface area (Å²) in [5, 5.41) is 3.77. The first-order valence-corrected chi connectivity index (χ1v) is 12.1. The molecule has 0 bridgehead atoms. The zero-order valence-electron chi connectivity index (χ0n) is 16.4. The Morgan fingerprint density at radius 1 is 1.30 bits per heavy atom. The number of thioether (sulfide) groups is 1. The summed E-state index contributed by atoms with van der Waals surface area (Å²) in [6.07, 6.45) is 5.63. The number of thiophene rings is 1. The van der Waals surface area contributed by atoms with E-state index in [1.54, 1.807) is 29.2 Å². The summed E-state index contributed by atoms with van der Waals surface area (Å²) in [6.45, 7) is 0. The summed E-state index contributed by atoms with van der Waals surface area (Å²) in [7, 11) is 0. The van der Waals surface area contributed by atoms with Gasteiger partial charge < -0.3 is 10.3 Å². The van der Waals surface area contributed by atoms with Crippen LogP contribution in [0, 0.1) is 5.82 Å². The van der Waals surface area contributed by atoms with Crippen molar-refractivity contribution in [1.82, 2.24) is 15.3 Å². The van der Waals surface area contributed by atoms with Crippen LogP contribution in [0.5, 0.6) is 0 Å². The molecule has 0 fully saturated rings. The Balaban J connectivity index is 1.29. The molecule has 3 heterocycles. The molecule has 5 rings (SSSR count). The second-order valence-corrected chi connectivity index (χ2v) is 10.1. The molecule has 1 unspecified atom stereocenters. The monoisotopic (exact) mass is 443 g/mol. The van der Waals surface area contributed by atoms with Crippen molar-refractivity contribution in [3.8, 4) is 0 Å². The van der Waals surface area contributed by atoms with Crippen molar-refractivity contribution >= 4 is 39.2 Å². The smallest absolute Gasteiger partial charge is 0.259 e. The third-order valence-electron chi connectivity index (χ3n) is 5.81. The number of halogens is 1. The van der Waals surface area contributed by atoms with E-state index in [1.165, 1.54) is 22.6 Å². The summed E-state index contributed by atoms with van der Waals surface area (Å²) in [4.78, 5) is 35.8. The van der Waals surface area contributed by atoms with Gasteiger partial charge in [-0.3, -0.25) is 9.59 Å². The van der Waals surface area contributed by atoms with Gasteiger partial charge >= 0.3 is 0 Å². The summed E-state index contributed by atoms with van der Waals surface area (Å²) in [5.41, 5.74) is 1.92. The largest absolute Gasteiger partial charge is 0.349 e. The molecule has 1 aliphatic carbocycles. The molecule has 0 saturated heterocycles. The molecule has 2 aromatic heterocycles. The fraction of sp³-hybridized carbons (Fsp3) is 0.409. The molecule has 1 aliphatic heterocycles. The van der Waals surface area contributed by atoms with Gasteiger partial charge in [-0.25, -0.2) is 9.37 Å².